The van der Waals surface area contributed by atoms with Gasteiger partial charge < -0.3 is 9.47 Å². The van der Waals surface area contributed by atoms with Crippen molar-refractivity contribution in [1.29, 1.82) is 0 Å². The van der Waals surface area contributed by atoms with Gasteiger partial charge in [0.2, 0.25) is 5.91 Å². The Morgan fingerprint density at radius 3 is 1.33 bits per heavy atom. The van der Waals surface area contributed by atoms with Gasteiger partial charge in [0.1, 0.15) is 0 Å². The Balaban J connectivity index is 0. The number of ether oxygens (including phenoxy) is 2. The van der Waals surface area contributed by atoms with Crippen molar-refractivity contribution in [2.45, 2.75) is 33.1 Å². The molecule has 0 saturated heterocycles. The fraction of sp³-hybridized carbons (Fsp3) is 1.00. The van der Waals surface area contributed by atoms with Crippen LogP contribution in [0.4, 0.5) is 0 Å². The summed E-state index contributed by atoms with van der Waals surface area (Å²) in [6.45, 7) is 6.10. The van der Waals surface area contributed by atoms with E-state index in [1.165, 1.54) is 6.42 Å². The highest BCUT2D eigenvalue weighted by Crippen LogP contribution is 2.11. The molecule has 0 atom stereocenters. The minimum absolute atomic E-state index is 0.583. The van der Waals surface area contributed by atoms with Crippen molar-refractivity contribution in [3.63, 3.8) is 0 Å². The van der Waals surface area contributed by atoms with Gasteiger partial charge in [0.25, 0.3) is 0 Å². The van der Waals surface area contributed by atoms with Crippen LogP contribution in [0.5, 0.6) is 0 Å². The fourth-order valence-electron chi connectivity index (χ4n) is 0.448. The Hall–Kier alpha value is -0.120. The third kappa shape index (κ3) is 5.52. The summed E-state index contributed by atoms with van der Waals surface area (Å²) in [5.74, 6) is -0.583. The molecule has 76 valence electrons. The van der Waals surface area contributed by atoms with E-state index in [1.54, 1.807) is 14.2 Å². The van der Waals surface area contributed by atoms with Crippen LogP contribution < -0.4 is 0 Å². The average molecular weight is 177 g/mol. The van der Waals surface area contributed by atoms with Gasteiger partial charge in [-0.2, -0.15) is 0 Å². The second-order valence-corrected chi connectivity index (χ2v) is 2.91. The molecule has 0 aliphatic carbocycles. The van der Waals surface area contributed by atoms with Crippen molar-refractivity contribution in [3.05, 3.63) is 0 Å². The predicted molar refractivity (Wildman–Crippen MR) is 52.1 cm³/mol. The molecule has 0 rings (SSSR count). The lowest BCUT2D eigenvalue weighted by molar-refractivity contribution is -0.270. The van der Waals surface area contributed by atoms with Crippen LogP contribution >= 0.6 is 0 Å². The maximum Gasteiger partial charge on any atom is 0.225 e. The van der Waals surface area contributed by atoms with Crippen LogP contribution in [0.2, 0.25) is 0 Å². The Bertz CT molecular complexity index is 90.5. The summed E-state index contributed by atoms with van der Waals surface area (Å²) < 4.78 is 10.1. The van der Waals surface area contributed by atoms with Gasteiger partial charge in [-0.15, -0.1) is 0 Å². The topological polar surface area (TPSA) is 21.7 Å². The molecule has 0 aliphatic rings. The molecule has 12 heavy (non-hydrogen) atoms. The summed E-state index contributed by atoms with van der Waals surface area (Å²) in [6.07, 6.45) is 1.25. The number of methoxy groups -OCH3 is 2. The molecule has 0 aliphatic heterocycles. The Morgan fingerprint density at radius 2 is 1.33 bits per heavy atom. The zero-order valence-corrected chi connectivity index (χ0v) is 9.47. The summed E-state index contributed by atoms with van der Waals surface area (Å²) in [6, 6.07) is 0. The SMILES string of the molecule is CCC.COC(C)(OC)N(C)C. The second-order valence-electron chi connectivity index (χ2n) is 2.91. The van der Waals surface area contributed by atoms with E-state index in [4.69, 9.17) is 9.47 Å². The molecule has 0 N–H and O–H groups in total. The fourth-order valence-corrected chi connectivity index (χ4v) is 0.448. The van der Waals surface area contributed by atoms with Crippen molar-refractivity contribution < 1.29 is 9.47 Å². The quantitative estimate of drug-likeness (QED) is 0.615. The molecule has 0 radical (unpaired) electrons. The highest BCUT2D eigenvalue weighted by atomic mass is 16.7. The van der Waals surface area contributed by atoms with Crippen LogP contribution in [0.3, 0.4) is 0 Å². The Labute approximate surface area is 76.7 Å². The van der Waals surface area contributed by atoms with Gasteiger partial charge in [-0.1, -0.05) is 20.3 Å². The molecule has 0 bridgehead atoms. The first-order valence-corrected chi connectivity index (χ1v) is 4.26. The lowest BCUT2D eigenvalue weighted by Crippen LogP contribution is -2.44. The van der Waals surface area contributed by atoms with Crippen molar-refractivity contribution in [2.75, 3.05) is 28.3 Å². The standard InChI is InChI=1S/C6H15NO2.C3H8/c1-6(8-4,9-5)7(2)3;1-3-2/h1-5H3;3H2,1-2H3. The first-order valence-electron chi connectivity index (χ1n) is 4.26. The molecule has 0 fully saturated rings. The summed E-state index contributed by atoms with van der Waals surface area (Å²) in [5.41, 5.74) is 0. The van der Waals surface area contributed by atoms with Crippen LogP contribution in [-0.4, -0.2) is 39.1 Å². The van der Waals surface area contributed by atoms with Gasteiger partial charge in [0.05, 0.1) is 0 Å². The van der Waals surface area contributed by atoms with E-state index in [0.29, 0.717) is 0 Å². The maximum absolute atomic E-state index is 5.05. The molecule has 0 heterocycles. The van der Waals surface area contributed by atoms with Crippen LogP contribution in [0, 0.1) is 0 Å². The molecular weight excluding hydrogens is 154 g/mol. The van der Waals surface area contributed by atoms with Gasteiger partial charge in [-0.05, 0) is 14.1 Å². The van der Waals surface area contributed by atoms with E-state index in [1.807, 2.05) is 25.9 Å². The number of rotatable bonds is 3. The normalized spacial score (nSPS) is 11.0. The second kappa shape index (κ2) is 7.53. The number of nitrogens with zero attached hydrogens (tertiary/aromatic N) is 1. The smallest absolute Gasteiger partial charge is 0.225 e. The molecular formula is C9H23NO2. The third-order valence-corrected chi connectivity index (χ3v) is 1.57. The van der Waals surface area contributed by atoms with Gasteiger partial charge in [0.15, 0.2) is 0 Å². The van der Waals surface area contributed by atoms with Gasteiger partial charge in [-0.25, -0.2) is 0 Å². The maximum atomic E-state index is 5.05. The van der Waals surface area contributed by atoms with Gasteiger partial charge >= 0.3 is 0 Å². The zero-order chi connectivity index (χ0) is 10.2. The molecule has 0 saturated carbocycles. The highest BCUT2D eigenvalue weighted by Gasteiger charge is 2.24. The van der Waals surface area contributed by atoms with E-state index < -0.39 is 5.91 Å². The van der Waals surface area contributed by atoms with E-state index in [-0.39, 0.29) is 0 Å². The van der Waals surface area contributed by atoms with E-state index in [0.717, 1.165) is 0 Å². The van der Waals surface area contributed by atoms with Crippen LogP contribution in [0.1, 0.15) is 27.2 Å². The van der Waals surface area contributed by atoms with Gasteiger partial charge in [-0.3, -0.25) is 4.90 Å². The first-order chi connectivity index (χ1) is 5.48. The van der Waals surface area contributed by atoms with Crippen molar-refractivity contribution >= 4 is 0 Å². The largest absolute Gasteiger partial charge is 0.341 e. The predicted octanol–water partition coefficient (Wildman–Crippen LogP) is 1.93. The van der Waals surface area contributed by atoms with Crippen LogP contribution in [-0.2, 0) is 9.47 Å². The minimum Gasteiger partial charge on any atom is -0.341 e. The van der Waals surface area contributed by atoms with Crippen LogP contribution in [0.25, 0.3) is 0 Å². The van der Waals surface area contributed by atoms with Crippen molar-refractivity contribution in [2.24, 2.45) is 0 Å². The Morgan fingerprint density at radius 1 is 1.08 bits per heavy atom. The summed E-state index contributed by atoms with van der Waals surface area (Å²) in [7, 11) is 7.02. The molecule has 0 aromatic carbocycles. The monoisotopic (exact) mass is 177 g/mol. The molecule has 0 aromatic heterocycles. The van der Waals surface area contributed by atoms with Crippen LogP contribution in [0.15, 0.2) is 0 Å². The Kier molecular flexibility index (Phi) is 9.03. The number of hydrogen-bond donors (Lipinski definition) is 0. The average Bonchev–Trinajstić information content (AvgIpc) is 2.04. The summed E-state index contributed by atoms with van der Waals surface area (Å²) in [4.78, 5) is 1.85. The van der Waals surface area contributed by atoms with Crippen molar-refractivity contribution in [1.82, 2.24) is 4.90 Å². The van der Waals surface area contributed by atoms with E-state index >= 15 is 0 Å². The molecule has 3 nitrogen and oxygen atoms in total. The number of hydrogen-bond acceptors (Lipinski definition) is 3. The minimum atomic E-state index is -0.583. The molecule has 0 amide bonds. The van der Waals surface area contributed by atoms with Crippen molar-refractivity contribution in [3.8, 4) is 0 Å². The van der Waals surface area contributed by atoms with E-state index in [2.05, 4.69) is 13.8 Å². The zero-order valence-electron chi connectivity index (χ0n) is 9.47. The first kappa shape index (κ1) is 14.4. The lowest BCUT2D eigenvalue weighted by Gasteiger charge is -2.32. The molecule has 0 aromatic rings. The molecule has 3 heteroatoms. The van der Waals surface area contributed by atoms with Gasteiger partial charge in [0, 0.05) is 21.1 Å². The lowest BCUT2D eigenvalue weighted by atomic mass is 10.5. The summed E-state index contributed by atoms with van der Waals surface area (Å²) >= 11 is 0. The molecule has 0 unspecified atom stereocenters. The third-order valence-electron chi connectivity index (χ3n) is 1.57. The van der Waals surface area contributed by atoms with E-state index in [9.17, 15) is 0 Å². The highest BCUT2D eigenvalue weighted by molar-refractivity contribution is 4.55. The summed E-state index contributed by atoms with van der Waals surface area (Å²) in [5, 5.41) is 0. The molecule has 0 spiro atoms.